The van der Waals surface area contributed by atoms with E-state index >= 15 is 0 Å². The summed E-state index contributed by atoms with van der Waals surface area (Å²) in [4.78, 5) is 23.6. The normalized spacial score (nSPS) is 16.9. The Bertz CT molecular complexity index is 1270. The van der Waals surface area contributed by atoms with Gasteiger partial charge in [-0.1, -0.05) is 0 Å². The summed E-state index contributed by atoms with van der Waals surface area (Å²) in [6.07, 6.45) is 1.84. The van der Waals surface area contributed by atoms with Crippen LogP contribution in [0.5, 0.6) is 5.75 Å². The van der Waals surface area contributed by atoms with Gasteiger partial charge in [-0.2, -0.15) is 10.2 Å². The van der Waals surface area contributed by atoms with Crippen molar-refractivity contribution in [3.05, 3.63) is 47.5 Å². The smallest absolute Gasteiger partial charge is 0.298 e. The summed E-state index contributed by atoms with van der Waals surface area (Å²) in [7, 11) is 1.63. The van der Waals surface area contributed by atoms with Crippen molar-refractivity contribution in [3.8, 4) is 11.8 Å². The Balaban J connectivity index is 1.06. The number of aromatic nitrogens is 1. The van der Waals surface area contributed by atoms with E-state index < -0.39 is 0 Å². The first kappa shape index (κ1) is 23.9. The molecule has 2 fully saturated rings. The summed E-state index contributed by atoms with van der Waals surface area (Å²) in [5.74, 6) is 0.773. The zero-order chi connectivity index (χ0) is 25.1. The van der Waals surface area contributed by atoms with Crippen molar-refractivity contribution >= 4 is 28.7 Å². The van der Waals surface area contributed by atoms with E-state index in [0.717, 1.165) is 54.0 Å². The van der Waals surface area contributed by atoms with Crippen LogP contribution in [-0.4, -0.2) is 74.9 Å². The fourth-order valence-corrected chi connectivity index (χ4v) is 4.84. The summed E-state index contributed by atoms with van der Waals surface area (Å²) >= 11 is 0. The van der Waals surface area contributed by atoms with Crippen LogP contribution >= 0.6 is 0 Å². The van der Waals surface area contributed by atoms with E-state index in [1.54, 1.807) is 7.11 Å². The molecular weight excluding hydrogens is 458 g/mol. The van der Waals surface area contributed by atoms with Crippen LogP contribution in [0.3, 0.4) is 0 Å². The Hall–Kier alpha value is -3.77. The standard InChI is InChI=1S/C27H31N5O4/c1-19-15-21(4-3-20(19)17-28)30-9-7-22(8-10-30)35-18-26(33)31-11-13-32(14-12-31)27-29-24-16-23(34-2)5-6-25(24)36-27/h3-6,15-16,22H,7-14,18H2,1-2H3. The average Bonchev–Trinajstić information content (AvgIpc) is 3.35. The number of hydrogen-bond donors (Lipinski definition) is 0. The number of methoxy groups -OCH3 is 1. The molecule has 0 aliphatic carbocycles. The molecule has 9 heteroatoms. The van der Waals surface area contributed by atoms with Gasteiger partial charge in [0.05, 0.1) is 24.8 Å². The Morgan fingerprint density at radius 1 is 1.08 bits per heavy atom. The van der Waals surface area contributed by atoms with E-state index in [9.17, 15) is 4.79 Å². The first-order chi connectivity index (χ1) is 17.5. The predicted molar refractivity (Wildman–Crippen MR) is 136 cm³/mol. The first-order valence-electron chi connectivity index (χ1n) is 12.4. The number of rotatable bonds is 6. The second kappa shape index (κ2) is 10.5. The molecule has 0 atom stereocenters. The average molecular weight is 490 g/mol. The van der Waals surface area contributed by atoms with Gasteiger partial charge >= 0.3 is 0 Å². The van der Waals surface area contributed by atoms with Crippen LogP contribution in [0, 0.1) is 18.3 Å². The number of nitrogens with zero attached hydrogens (tertiary/aromatic N) is 5. The second-order valence-electron chi connectivity index (χ2n) is 9.31. The molecule has 5 rings (SSSR count). The minimum Gasteiger partial charge on any atom is -0.497 e. The topological polar surface area (TPSA) is 95.1 Å². The van der Waals surface area contributed by atoms with E-state index in [-0.39, 0.29) is 18.6 Å². The molecular formula is C27H31N5O4. The molecule has 2 aliphatic rings. The molecule has 1 aromatic heterocycles. The van der Waals surface area contributed by atoms with Crippen molar-refractivity contribution in [2.24, 2.45) is 0 Å². The largest absolute Gasteiger partial charge is 0.497 e. The van der Waals surface area contributed by atoms with Gasteiger partial charge in [0, 0.05) is 51.0 Å². The fourth-order valence-electron chi connectivity index (χ4n) is 4.84. The number of carbonyl (C=O) groups is 1. The third-order valence-corrected chi connectivity index (χ3v) is 7.07. The van der Waals surface area contributed by atoms with Gasteiger partial charge in [-0.05, 0) is 55.7 Å². The number of hydrogen-bond acceptors (Lipinski definition) is 8. The highest BCUT2D eigenvalue weighted by Crippen LogP contribution is 2.27. The van der Waals surface area contributed by atoms with Crippen LogP contribution in [0.2, 0.25) is 0 Å². The maximum absolute atomic E-state index is 12.8. The van der Waals surface area contributed by atoms with Crippen LogP contribution in [0.15, 0.2) is 40.8 Å². The van der Waals surface area contributed by atoms with Gasteiger partial charge in [-0.3, -0.25) is 4.79 Å². The van der Waals surface area contributed by atoms with Gasteiger partial charge in [-0.25, -0.2) is 0 Å². The van der Waals surface area contributed by atoms with E-state index in [1.165, 1.54) is 0 Å². The summed E-state index contributed by atoms with van der Waals surface area (Å²) < 4.78 is 17.2. The Labute approximate surface area is 210 Å². The summed E-state index contributed by atoms with van der Waals surface area (Å²) in [6.45, 7) is 6.38. The lowest BCUT2D eigenvalue weighted by Crippen LogP contribution is -2.50. The highest BCUT2D eigenvalue weighted by atomic mass is 16.5. The lowest BCUT2D eigenvalue weighted by molar-refractivity contribution is -0.138. The number of nitriles is 1. The van der Waals surface area contributed by atoms with E-state index in [0.29, 0.717) is 37.8 Å². The Morgan fingerprint density at radius 2 is 1.86 bits per heavy atom. The summed E-state index contributed by atoms with van der Waals surface area (Å²) in [5.41, 5.74) is 4.33. The van der Waals surface area contributed by atoms with Gasteiger partial charge in [0.2, 0.25) is 5.91 Å². The molecule has 9 nitrogen and oxygen atoms in total. The molecule has 2 aromatic carbocycles. The molecule has 0 radical (unpaired) electrons. The molecule has 2 aliphatic heterocycles. The second-order valence-corrected chi connectivity index (χ2v) is 9.31. The lowest BCUT2D eigenvalue weighted by atomic mass is 10.0. The molecule has 188 valence electrons. The zero-order valence-electron chi connectivity index (χ0n) is 20.8. The van der Waals surface area contributed by atoms with E-state index in [2.05, 4.69) is 26.9 Å². The highest BCUT2D eigenvalue weighted by molar-refractivity contribution is 5.78. The van der Waals surface area contributed by atoms with Gasteiger partial charge in [0.25, 0.3) is 6.01 Å². The van der Waals surface area contributed by atoms with Crippen molar-refractivity contribution < 1.29 is 18.7 Å². The van der Waals surface area contributed by atoms with E-state index in [4.69, 9.17) is 19.2 Å². The van der Waals surface area contributed by atoms with E-state index in [1.807, 2.05) is 42.2 Å². The number of piperazine rings is 1. The molecule has 0 bridgehead atoms. The van der Waals surface area contributed by atoms with Gasteiger partial charge in [0.1, 0.15) is 17.9 Å². The molecule has 0 unspecified atom stereocenters. The maximum Gasteiger partial charge on any atom is 0.298 e. The van der Waals surface area contributed by atoms with Crippen LogP contribution in [0.25, 0.3) is 11.1 Å². The van der Waals surface area contributed by atoms with Crippen LogP contribution in [0.1, 0.15) is 24.0 Å². The van der Waals surface area contributed by atoms with Crippen LogP contribution in [0.4, 0.5) is 11.7 Å². The van der Waals surface area contributed by atoms with Crippen LogP contribution in [-0.2, 0) is 9.53 Å². The Kier molecular flexibility index (Phi) is 6.96. The van der Waals surface area contributed by atoms with Crippen molar-refractivity contribution in [1.29, 1.82) is 5.26 Å². The monoisotopic (exact) mass is 489 g/mol. The molecule has 0 N–H and O–H groups in total. The fraction of sp³-hybridized carbons (Fsp3) is 0.444. The Morgan fingerprint density at radius 3 is 2.56 bits per heavy atom. The quantitative estimate of drug-likeness (QED) is 0.520. The number of carbonyl (C=O) groups excluding carboxylic acids is 1. The number of aryl methyl sites for hydroxylation is 1. The molecule has 0 spiro atoms. The number of ether oxygens (including phenoxy) is 2. The molecule has 1 amide bonds. The molecule has 3 aromatic rings. The number of anilines is 2. The number of amides is 1. The zero-order valence-corrected chi connectivity index (χ0v) is 20.8. The number of fused-ring (bicyclic) bond motifs is 1. The maximum atomic E-state index is 12.8. The molecule has 0 saturated carbocycles. The lowest BCUT2D eigenvalue weighted by Gasteiger charge is -2.35. The van der Waals surface area contributed by atoms with Crippen molar-refractivity contribution in [1.82, 2.24) is 9.88 Å². The summed E-state index contributed by atoms with van der Waals surface area (Å²) in [5, 5.41) is 9.14. The van der Waals surface area contributed by atoms with Crippen molar-refractivity contribution in [2.75, 3.05) is 62.8 Å². The van der Waals surface area contributed by atoms with Gasteiger partial charge in [0.15, 0.2) is 5.58 Å². The first-order valence-corrected chi connectivity index (χ1v) is 12.4. The van der Waals surface area contributed by atoms with Gasteiger partial charge in [-0.15, -0.1) is 0 Å². The minimum absolute atomic E-state index is 0.0297. The predicted octanol–water partition coefficient (Wildman–Crippen LogP) is 3.35. The molecule has 3 heterocycles. The summed E-state index contributed by atoms with van der Waals surface area (Å²) in [6, 6.07) is 14.3. The SMILES string of the molecule is COc1ccc2oc(N3CCN(C(=O)COC4CCN(c5ccc(C#N)c(C)c5)CC4)CC3)nc2c1. The third kappa shape index (κ3) is 5.09. The number of benzene rings is 2. The van der Waals surface area contributed by atoms with Crippen molar-refractivity contribution in [2.45, 2.75) is 25.9 Å². The van der Waals surface area contributed by atoms with Crippen molar-refractivity contribution in [3.63, 3.8) is 0 Å². The number of oxazole rings is 1. The highest BCUT2D eigenvalue weighted by Gasteiger charge is 2.26. The third-order valence-electron chi connectivity index (χ3n) is 7.07. The number of piperidine rings is 1. The minimum atomic E-state index is 0.0297. The van der Waals surface area contributed by atoms with Crippen LogP contribution < -0.4 is 14.5 Å². The molecule has 36 heavy (non-hydrogen) atoms. The molecule has 2 saturated heterocycles. The van der Waals surface area contributed by atoms with Gasteiger partial charge < -0.3 is 28.6 Å².